The molecular weight excluding hydrogens is 511 g/mol. The summed E-state index contributed by atoms with van der Waals surface area (Å²) >= 11 is 0. The number of carbonyl (C=O) groups is 2. The molecule has 5 rings (SSSR count). The Bertz CT molecular complexity index is 1390. The summed E-state index contributed by atoms with van der Waals surface area (Å²) in [7, 11) is 1.20. The summed E-state index contributed by atoms with van der Waals surface area (Å²) in [6.45, 7) is -2.26. The van der Waals surface area contributed by atoms with Crippen LogP contribution in [0.4, 0.5) is 26.7 Å². The fourth-order valence-electron chi connectivity index (χ4n) is 4.91. The van der Waals surface area contributed by atoms with Gasteiger partial charge in [0.2, 0.25) is 5.91 Å². The Morgan fingerprint density at radius 1 is 1.13 bits per heavy atom. The average molecular weight is 534 g/mol. The Morgan fingerprint density at radius 2 is 1.82 bits per heavy atom. The Hall–Kier alpha value is -3.96. The van der Waals surface area contributed by atoms with E-state index in [0.717, 1.165) is 23.0 Å². The van der Waals surface area contributed by atoms with Crippen LogP contribution in [0.15, 0.2) is 48.5 Å². The molecule has 38 heavy (non-hydrogen) atoms. The van der Waals surface area contributed by atoms with Crippen LogP contribution in [-0.2, 0) is 10.3 Å². The summed E-state index contributed by atoms with van der Waals surface area (Å²) < 4.78 is 73.9. The highest BCUT2D eigenvalue weighted by Crippen LogP contribution is 2.45. The summed E-state index contributed by atoms with van der Waals surface area (Å²) in [6.07, 6.45) is -3.64. The van der Waals surface area contributed by atoms with Crippen molar-refractivity contribution in [1.29, 1.82) is 0 Å². The number of hydrogen-bond acceptors (Lipinski definition) is 4. The molecule has 2 aromatic carbocycles. The summed E-state index contributed by atoms with van der Waals surface area (Å²) in [4.78, 5) is 31.0. The number of likely N-dealkylation sites (tertiary alicyclic amines) is 1. The van der Waals surface area contributed by atoms with Gasteiger partial charge in [-0.15, -0.1) is 0 Å². The molecule has 200 valence electrons. The van der Waals surface area contributed by atoms with Crippen molar-refractivity contribution < 1.29 is 36.3 Å². The lowest BCUT2D eigenvalue weighted by Crippen LogP contribution is -2.51. The number of nitrogens with one attached hydrogen (secondary N) is 2. The molecule has 3 amide bonds. The highest BCUT2D eigenvalue weighted by molar-refractivity contribution is 5.90. The monoisotopic (exact) mass is 534 g/mol. The molecule has 2 N–H and O–H groups in total. The molecule has 12 heteroatoms. The van der Waals surface area contributed by atoms with Gasteiger partial charge < -0.3 is 20.3 Å². The van der Waals surface area contributed by atoms with Crippen LogP contribution >= 0.6 is 0 Å². The zero-order valence-electron chi connectivity index (χ0n) is 20.1. The molecule has 2 fully saturated rings. The van der Waals surface area contributed by atoms with Gasteiger partial charge in [-0.05, 0) is 25.0 Å². The third kappa shape index (κ3) is 4.94. The van der Waals surface area contributed by atoms with Crippen molar-refractivity contribution in [2.45, 2.75) is 36.5 Å². The fraction of sp³-hybridized carbons (Fsp3) is 0.346. The number of amides is 3. The standard InChI is InChI=1S/C26H23F5N4O3/c1-38-15-10-17(27)21(18(28)11-15)16-12-35(13-26(29,30)31)23(36)22(16)33-24(37)34-25(8-9-25)20-7-6-14-4-2-3-5-19(14)32-20/h2-7,10-11,16,22H,8-9,12-13H2,1H3,(H2,33,34,37)/t16-,22-/m0/s1. The van der Waals surface area contributed by atoms with Gasteiger partial charge in [-0.3, -0.25) is 9.78 Å². The second-order valence-corrected chi connectivity index (χ2v) is 9.49. The minimum absolute atomic E-state index is 0.138. The number of fused-ring (bicyclic) bond motifs is 1. The van der Waals surface area contributed by atoms with Gasteiger partial charge in [0, 0.05) is 35.5 Å². The van der Waals surface area contributed by atoms with Gasteiger partial charge in [0.1, 0.15) is 30.0 Å². The molecule has 0 spiro atoms. The number of para-hydroxylation sites is 1. The highest BCUT2D eigenvalue weighted by atomic mass is 19.4. The summed E-state index contributed by atoms with van der Waals surface area (Å²) in [5.74, 6) is -4.83. The van der Waals surface area contributed by atoms with E-state index in [1.165, 1.54) is 7.11 Å². The summed E-state index contributed by atoms with van der Waals surface area (Å²) in [5.41, 5.74) is -0.121. The lowest BCUT2D eigenvalue weighted by Gasteiger charge is -2.23. The maximum absolute atomic E-state index is 14.9. The zero-order valence-corrected chi connectivity index (χ0v) is 20.1. The topological polar surface area (TPSA) is 83.6 Å². The van der Waals surface area contributed by atoms with Crippen LogP contribution in [-0.4, -0.2) is 54.2 Å². The lowest BCUT2D eigenvalue weighted by atomic mass is 9.92. The smallest absolute Gasteiger partial charge is 0.406 e. The quantitative estimate of drug-likeness (QED) is 0.461. The second kappa shape index (κ2) is 9.41. The van der Waals surface area contributed by atoms with E-state index in [1.807, 2.05) is 30.3 Å². The van der Waals surface area contributed by atoms with Gasteiger partial charge in [-0.2, -0.15) is 13.2 Å². The van der Waals surface area contributed by atoms with Crippen molar-refractivity contribution in [1.82, 2.24) is 20.5 Å². The number of carbonyl (C=O) groups excluding carboxylic acids is 2. The minimum Gasteiger partial charge on any atom is -0.497 e. The molecule has 0 radical (unpaired) electrons. The van der Waals surface area contributed by atoms with Crippen molar-refractivity contribution in [3.05, 3.63) is 71.4 Å². The van der Waals surface area contributed by atoms with E-state index < -0.39 is 65.9 Å². The molecule has 0 bridgehead atoms. The molecule has 2 heterocycles. The van der Waals surface area contributed by atoms with Crippen LogP contribution in [0, 0.1) is 11.6 Å². The molecule has 7 nitrogen and oxygen atoms in total. The molecule has 2 atom stereocenters. The van der Waals surface area contributed by atoms with Crippen molar-refractivity contribution in [3.63, 3.8) is 0 Å². The van der Waals surface area contributed by atoms with Gasteiger partial charge in [0.15, 0.2) is 0 Å². The van der Waals surface area contributed by atoms with Gasteiger partial charge >= 0.3 is 12.2 Å². The number of urea groups is 1. The zero-order chi connectivity index (χ0) is 27.2. The maximum atomic E-state index is 14.9. The predicted octanol–water partition coefficient (Wildman–Crippen LogP) is 4.37. The summed E-state index contributed by atoms with van der Waals surface area (Å²) in [5, 5.41) is 6.05. The van der Waals surface area contributed by atoms with Crippen molar-refractivity contribution >= 4 is 22.8 Å². The van der Waals surface area contributed by atoms with Gasteiger partial charge in [0.25, 0.3) is 0 Å². The molecule has 1 aromatic heterocycles. The summed E-state index contributed by atoms with van der Waals surface area (Å²) in [6, 6.07) is 10.3. The molecule has 1 saturated carbocycles. The van der Waals surface area contributed by atoms with E-state index in [1.54, 1.807) is 6.07 Å². The Morgan fingerprint density at radius 3 is 2.45 bits per heavy atom. The van der Waals surface area contributed by atoms with E-state index in [-0.39, 0.29) is 5.75 Å². The first-order valence-electron chi connectivity index (χ1n) is 11.8. The highest BCUT2D eigenvalue weighted by Gasteiger charge is 2.50. The first kappa shape index (κ1) is 25.7. The van der Waals surface area contributed by atoms with Crippen LogP contribution in [0.25, 0.3) is 10.9 Å². The number of alkyl halides is 3. The number of aromatic nitrogens is 1. The first-order valence-corrected chi connectivity index (χ1v) is 11.8. The van der Waals surface area contributed by atoms with Crippen molar-refractivity contribution in [2.24, 2.45) is 0 Å². The number of pyridine rings is 1. The van der Waals surface area contributed by atoms with Crippen molar-refractivity contribution in [2.75, 3.05) is 20.2 Å². The third-order valence-corrected chi connectivity index (χ3v) is 6.90. The first-order chi connectivity index (χ1) is 18.0. The van der Waals surface area contributed by atoms with Crippen LogP contribution in [0.1, 0.15) is 30.0 Å². The molecule has 1 aliphatic carbocycles. The SMILES string of the molecule is COc1cc(F)c([C@@H]2CN(CC(F)(F)F)C(=O)[C@H]2NC(=O)NC2(c3ccc4ccccc4n3)CC2)c(F)c1. The fourth-order valence-corrected chi connectivity index (χ4v) is 4.91. The van der Waals surface area contributed by atoms with Crippen LogP contribution in [0.2, 0.25) is 0 Å². The Balaban J connectivity index is 1.40. The molecule has 0 unspecified atom stereocenters. The molecular formula is C26H23F5N4O3. The lowest BCUT2D eigenvalue weighted by molar-refractivity contribution is -0.157. The van der Waals surface area contributed by atoms with Crippen LogP contribution < -0.4 is 15.4 Å². The largest absolute Gasteiger partial charge is 0.497 e. The van der Waals surface area contributed by atoms with Crippen LogP contribution in [0.3, 0.4) is 0 Å². The number of halogens is 5. The number of ether oxygens (including phenoxy) is 1. The van der Waals surface area contributed by atoms with Crippen molar-refractivity contribution in [3.8, 4) is 5.75 Å². The number of nitrogens with zero attached hydrogens (tertiary/aromatic N) is 2. The van der Waals surface area contributed by atoms with Gasteiger partial charge in [0.05, 0.1) is 23.9 Å². The third-order valence-electron chi connectivity index (χ3n) is 6.90. The molecule has 3 aromatic rings. The van der Waals surface area contributed by atoms with Gasteiger partial charge in [-0.1, -0.05) is 24.3 Å². The molecule has 2 aliphatic rings. The van der Waals surface area contributed by atoms with Gasteiger partial charge in [-0.25, -0.2) is 13.6 Å². The second-order valence-electron chi connectivity index (χ2n) is 9.49. The maximum Gasteiger partial charge on any atom is 0.406 e. The van der Waals surface area contributed by atoms with E-state index in [2.05, 4.69) is 15.6 Å². The number of rotatable bonds is 6. The van der Waals surface area contributed by atoms with E-state index in [4.69, 9.17) is 4.74 Å². The molecule has 1 aliphatic heterocycles. The average Bonchev–Trinajstić information content (AvgIpc) is 3.58. The van der Waals surface area contributed by atoms with E-state index in [9.17, 15) is 31.5 Å². The van der Waals surface area contributed by atoms with E-state index >= 15 is 0 Å². The number of hydrogen-bond donors (Lipinski definition) is 2. The normalized spacial score (nSPS) is 20.5. The number of benzene rings is 2. The minimum atomic E-state index is -4.74. The number of methoxy groups -OCH3 is 1. The van der Waals surface area contributed by atoms with E-state index in [0.29, 0.717) is 23.4 Å². The Kier molecular flexibility index (Phi) is 6.36. The Labute approximate surface area is 214 Å². The predicted molar refractivity (Wildman–Crippen MR) is 126 cm³/mol. The van der Waals surface area contributed by atoms with Crippen LogP contribution in [0.5, 0.6) is 5.75 Å². The molecule has 1 saturated heterocycles.